The molecule has 3 rings (SSSR count). The average Bonchev–Trinajstić information content (AvgIpc) is 3.06. The molecule has 1 saturated carbocycles. The number of nitrogens with one attached hydrogen (secondary N) is 1. The van der Waals surface area contributed by atoms with Gasteiger partial charge in [0.1, 0.15) is 0 Å². The molecule has 0 atom stereocenters. The Bertz CT molecular complexity index is 626. The van der Waals surface area contributed by atoms with Crippen molar-refractivity contribution in [1.29, 1.82) is 0 Å². The fraction of sp³-hybridized carbons (Fsp3) is 0.500. The lowest BCUT2D eigenvalue weighted by atomic mass is 10.0. The van der Waals surface area contributed by atoms with Crippen LogP contribution in [-0.4, -0.2) is 10.9 Å². The molecule has 0 spiro atoms. The minimum absolute atomic E-state index is 0.144. The third-order valence-electron chi connectivity index (χ3n) is 4.04. The van der Waals surface area contributed by atoms with Crippen molar-refractivity contribution in [2.45, 2.75) is 45.4 Å². The zero-order valence-electron chi connectivity index (χ0n) is 12.0. The van der Waals surface area contributed by atoms with Crippen LogP contribution in [0.15, 0.2) is 18.2 Å². The molecule has 0 aliphatic heterocycles. The number of nitrogens with zero attached hydrogens (tertiary/aromatic N) is 1. The first-order chi connectivity index (χ1) is 9.63. The highest BCUT2D eigenvalue weighted by Crippen LogP contribution is 2.31. The highest BCUT2D eigenvalue weighted by Gasteiger charge is 2.23. The lowest BCUT2D eigenvalue weighted by Crippen LogP contribution is -2.19. The van der Waals surface area contributed by atoms with Crippen LogP contribution in [0.2, 0.25) is 0 Å². The normalized spacial score (nSPS) is 16.1. The Balaban J connectivity index is 1.80. The van der Waals surface area contributed by atoms with Gasteiger partial charge in [0.15, 0.2) is 5.13 Å². The van der Waals surface area contributed by atoms with Crippen molar-refractivity contribution in [3.8, 4) is 0 Å². The number of fused-ring (bicyclic) bond motifs is 1. The lowest BCUT2D eigenvalue weighted by Gasteiger charge is -2.06. The van der Waals surface area contributed by atoms with E-state index in [0.717, 1.165) is 28.2 Å². The first kappa shape index (κ1) is 13.6. The predicted molar refractivity (Wildman–Crippen MR) is 84.3 cm³/mol. The molecule has 106 valence electrons. The molecule has 1 aromatic heterocycles. The summed E-state index contributed by atoms with van der Waals surface area (Å²) >= 11 is 1.57. The van der Waals surface area contributed by atoms with Gasteiger partial charge < -0.3 is 5.32 Å². The van der Waals surface area contributed by atoms with Crippen LogP contribution in [0.3, 0.4) is 0 Å². The van der Waals surface area contributed by atoms with E-state index in [4.69, 9.17) is 0 Å². The maximum Gasteiger partial charge on any atom is 0.229 e. The second-order valence-electron chi connectivity index (χ2n) is 5.87. The van der Waals surface area contributed by atoms with Crippen molar-refractivity contribution in [3.63, 3.8) is 0 Å². The van der Waals surface area contributed by atoms with E-state index in [1.54, 1.807) is 11.3 Å². The van der Waals surface area contributed by atoms with Gasteiger partial charge in [0.2, 0.25) is 5.91 Å². The molecule has 20 heavy (non-hydrogen) atoms. The first-order valence-corrected chi connectivity index (χ1v) is 8.16. The summed E-state index contributed by atoms with van der Waals surface area (Å²) in [6.07, 6.45) is 4.40. The van der Waals surface area contributed by atoms with Crippen molar-refractivity contribution < 1.29 is 4.79 Å². The van der Waals surface area contributed by atoms with Gasteiger partial charge in [-0.2, -0.15) is 0 Å². The molecule has 3 nitrogen and oxygen atoms in total. The molecule has 1 N–H and O–H groups in total. The maximum absolute atomic E-state index is 12.1. The van der Waals surface area contributed by atoms with E-state index in [0.29, 0.717) is 5.92 Å². The summed E-state index contributed by atoms with van der Waals surface area (Å²) < 4.78 is 1.15. The predicted octanol–water partition coefficient (Wildman–Crippen LogP) is 4.55. The van der Waals surface area contributed by atoms with Crippen LogP contribution in [0.25, 0.3) is 10.2 Å². The summed E-state index contributed by atoms with van der Waals surface area (Å²) in [6.45, 7) is 4.37. The van der Waals surface area contributed by atoms with Crippen molar-refractivity contribution in [1.82, 2.24) is 4.98 Å². The fourth-order valence-electron chi connectivity index (χ4n) is 2.75. The number of amides is 1. The van der Waals surface area contributed by atoms with Crippen molar-refractivity contribution >= 4 is 32.6 Å². The van der Waals surface area contributed by atoms with Gasteiger partial charge in [-0.25, -0.2) is 4.98 Å². The van der Waals surface area contributed by atoms with Crippen LogP contribution in [0.1, 0.15) is 51.0 Å². The summed E-state index contributed by atoms with van der Waals surface area (Å²) in [5.74, 6) is 0.844. The molecule has 1 fully saturated rings. The second-order valence-corrected chi connectivity index (χ2v) is 6.90. The van der Waals surface area contributed by atoms with Crippen LogP contribution in [0.4, 0.5) is 5.13 Å². The number of hydrogen-bond acceptors (Lipinski definition) is 3. The number of rotatable bonds is 3. The van der Waals surface area contributed by atoms with Gasteiger partial charge in [-0.3, -0.25) is 4.79 Å². The molecule has 1 aliphatic carbocycles. The topological polar surface area (TPSA) is 42.0 Å². The van der Waals surface area contributed by atoms with Crippen LogP contribution in [0, 0.1) is 5.92 Å². The van der Waals surface area contributed by atoms with Gasteiger partial charge in [0, 0.05) is 5.92 Å². The molecular formula is C16H20N2OS. The van der Waals surface area contributed by atoms with E-state index in [9.17, 15) is 4.79 Å². The minimum Gasteiger partial charge on any atom is -0.302 e. The second kappa shape index (κ2) is 5.52. The molecular weight excluding hydrogens is 268 g/mol. The van der Waals surface area contributed by atoms with Crippen LogP contribution in [0.5, 0.6) is 0 Å². The zero-order chi connectivity index (χ0) is 14.1. The number of anilines is 1. The third-order valence-corrected chi connectivity index (χ3v) is 4.97. The van der Waals surface area contributed by atoms with Gasteiger partial charge in [0.05, 0.1) is 10.2 Å². The number of carbonyl (C=O) groups is 1. The summed E-state index contributed by atoms with van der Waals surface area (Å²) in [7, 11) is 0. The van der Waals surface area contributed by atoms with Gasteiger partial charge in [-0.05, 0) is 36.5 Å². The maximum atomic E-state index is 12.1. The standard InChI is InChI=1S/C16H20N2OS/c1-10(2)12-7-8-13-14(9-12)20-16(17-13)18-15(19)11-5-3-4-6-11/h7-11H,3-6H2,1-2H3,(H,17,18,19). The number of aromatic nitrogens is 1. The molecule has 2 aromatic rings. The summed E-state index contributed by atoms with van der Waals surface area (Å²) in [6, 6.07) is 6.35. The third kappa shape index (κ3) is 2.70. The average molecular weight is 288 g/mol. The van der Waals surface area contributed by atoms with Crippen molar-refractivity contribution in [2.75, 3.05) is 5.32 Å². The Labute approximate surface area is 123 Å². The molecule has 1 heterocycles. The van der Waals surface area contributed by atoms with Gasteiger partial charge in [0.25, 0.3) is 0 Å². The number of carbonyl (C=O) groups excluding carboxylic acids is 1. The molecule has 1 aromatic carbocycles. The zero-order valence-corrected chi connectivity index (χ0v) is 12.8. The van der Waals surface area contributed by atoms with E-state index >= 15 is 0 Å². The van der Waals surface area contributed by atoms with E-state index in [2.05, 4.69) is 36.3 Å². The van der Waals surface area contributed by atoms with E-state index in [1.165, 1.54) is 18.4 Å². The molecule has 4 heteroatoms. The Morgan fingerprint density at radius 3 is 2.80 bits per heavy atom. The quantitative estimate of drug-likeness (QED) is 0.900. The van der Waals surface area contributed by atoms with Gasteiger partial charge in [-0.1, -0.05) is 44.1 Å². The summed E-state index contributed by atoms with van der Waals surface area (Å²) in [5.41, 5.74) is 2.29. The van der Waals surface area contributed by atoms with Crippen LogP contribution in [-0.2, 0) is 4.79 Å². The fourth-order valence-corrected chi connectivity index (χ4v) is 3.67. The highest BCUT2D eigenvalue weighted by atomic mass is 32.1. The monoisotopic (exact) mass is 288 g/mol. The number of thiazole rings is 1. The van der Waals surface area contributed by atoms with Gasteiger partial charge >= 0.3 is 0 Å². The summed E-state index contributed by atoms with van der Waals surface area (Å²) in [5, 5.41) is 3.72. The molecule has 0 radical (unpaired) electrons. The highest BCUT2D eigenvalue weighted by molar-refractivity contribution is 7.22. The Hall–Kier alpha value is -1.42. The SMILES string of the molecule is CC(C)c1ccc2nc(NC(=O)C3CCCC3)sc2c1. The number of hydrogen-bond donors (Lipinski definition) is 1. The number of benzene rings is 1. The van der Waals surface area contributed by atoms with E-state index in [-0.39, 0.29) is 11.8 Å². The Morgan fingerprint density at radius 1 is 1.35 bits per heavy atom. The first-order valence-electron chi connectivity index (χ1n) is 7.35. The molecule has 0 unspecified atom stereocenters. The van der Waals surface area contributed by atoms with E-state index in [1.807, 2.05) is 6.07 Å². The van der Waals surface area contributed by atoms with Crippen molar-refractivity contribution in [2.24, 2.45) is 5.92 Å². The van der Waals surface area contributed by atoms with E-state index < -0.39 is 0 Å². The smallest absolute Gasteiger partial charge is 0.229 e. The van der Waals surface area contributed by atoms with Gasteiger partial charge in [-0.15, -0.1) is 0 Å². The molecule has 1 aliphatic rings. The lowest BCUT2D eigenvalue weighted by molar-refractivity contribution is -0.119. The molecule has 0 saturated heterocycles. The van der Waals surface area contributed by atoms with Crippen molar-refractivity contribution in [3.05, 3.63) is 23.8 Å². The minimum atomic E-state index is 0.144. The van der Waals surface area contributed by atoms with Crippen LogP contribution >= 0.6 is 11.3 Å². The van der Waals surface area contributed by atoms with Crippen LogP contribution < -0.4 is 5.32 Å². The molecule has 1 amide bonds. The Kier molecular flexibility index (Phi) is 3.74. The molecule has 0 bridgehead atoms. The largest absolute Gasteiger partial charge is 0.302 e. The Morgan fingerprint density at radius 2 is 2.10 bits per heavy atom. The summed E-state index contributed by atoms with van der Waals surface area (Å²) in [4.78, 5) is 16.6.